The van der Waals surface area contributed by atoms with Crippen molar-refractivity contribution >= 4 is 16.3 Å². The van der Waals surface area contributed by atoms with Crippen molar-refractivity contribution < 1.29 is 8.78 Å². The Morgan fingerprint density at radius 1 is 1.21 bits per heavy atom. The number of rotatable bonds is 3. The van der Waals surface area contributed by atoms with E-state index < -0.39 is 11.6 Å². The Kier molecular flexibility index (Phi) is 9.40. The first-order chi connectivity index (χ1) is 15.6. The van der Waals surface area contributed by atoms with Crippen LogP contribution in [0.25, 0.3) is 16.3 Å². The van der Waals surface area contributed by atoms with Crippen LogP contribution in [-0.4, -0.2) is 11.2 Å². The minimum atomic E-state index is -0.961. The molecular formula is C30H43F2N. The fourth-order valence-corrected chi connectivity index (χ4v) is 4.93. The fourth-order valence-electron chi connectivity index (χ4n) is 4.93. The van der Waals surface area contributed by atoms with Gasteiger partial charge in [0.05, 0.1) is 5.69 Å². The lowest BCUT2D eigenvalue weighted by molar-refractivity contribution is 0.293. The van der Waals surface area contributed by atoms with Crippen molar-refractivity contribution in [2.45, 2.75) is 99.6 Å². The second-order valence-electron chi connectivity index (χ2n) is 9.94. The fraction of sp³-hybridized carbons (Fsp3) is 0.567. The van der Waals surface area contributed by atoms with Gasteiger partial charge in [0.2, 0.25) is 0 Å². The molecule has 1 aromatic carbocycles. The Morgan fingerprint density at radius 2 is 1.85 bits per heavy atom. The van der Waals surface area contributed by atoms with Crippen molar-refractivity contribution in [3.63, 3.8) is 0 Å². The number of halogens is 2. The summed E-state index contributed by atoms with van der Waals surface area (Å²) in [6.07, 6.45) is 8.43. The van der Waals surface area contributed by atoms with Gasteiger partial charge in [-0.1, -0.05) is 73.1 Å². The lowest BCUT2D eigenvalue weighted by Gasteiger charge is -2.43. The first kappa shape index (κ1) is 27.2. The zero-order valence-electron chi connectivity index (χ0n) is 22.2. The van der Waals surface area contributed by atoms with Gasteiger partial charge in [-0.15, -0.1) is 0 Å². The molecule has 3 heteroatoms. The summed E-state index contributed by atoms with van der Waals surface area (Å²) in [4.78, 5) is 4.64. The maximum absolute atomic E-state index is 15.2. The number of alkyl halides is 1. The number of allylic oxidation sites excluding steroid dienone is 4. The van der Waals surface area contributed by atoms with Gasteiger partial charge >= 0.3 is 0 Å². The number of nitrogens with zero attached hydrogens (tertiary/aromatic N) is 1. The SMILES string of the molecule is CC.CC=CCC1CCC(F)C2=C1c1nccc3c(F)c(C)cc(c13)C2(C)C.CCC(C)C. The van der Waals surface area contributed by atoms with Crippen molar-refractivity contribution in [1.29, 1.82) is 0 Å². The van der Waals surface area contributed by atoms with E-state index in [-0.39, 0.29) is 11.7 Å². The number of benzene rings is 1. The molecule has 182 valence electrons. The van der Waals surface area contributed by atoms with Gasteiger partial charge in [-0.3, -0.25) is 4.98 Å². The smallest absolute Gasteiger partial charge is 0.134 e. The Balaban J connectivity index is 0.000000489. The van der Waals surface area contributed by atoms with E-state index in [4.69, 9.17) is 0 Å². The number of aryl methyl sites for hydroxylation is 1. The molecule has 0 saturated heterocycles. The van der Waals surface area contributed by atoms with Crippen LogP contribution in [0.3, 0.4) is 0 Å². The average molecular weight is 456 g/mol. The molecule has 2 unspecified atom stereocenters. The van der Waals surface area contributed by atoms with Crippen LogP contribution in [0.4, 0.5) is 8.78 Å². The quantitative estimate of drug-likeness (QED) is 0.420. The van der Waals surface area contributed by atoms with Crippen LogP contribution >= 0.6 is 0 Å². The zero-order chi connectivity index (χ0) is 24.9. The Bertz CT molecular complexity index is 1010. The van der Waals surface area contributed by atoms with Crippen LogP contribution in [-0.2, 0) is 5.41 Å². The third-order valence-corrected chi connectivity index (χ3v) is 7.02. The third-order valence-electron chi connectivity index (χ3n) is 7.02. The van der Waals surface area contributed by atoms with Crippen LogP contribution in [0.2, 0.25) is 0 Å². The van der Waals surface area contributed by atoms with E-state index in [1.807, 2.05) is 32.9 Å². The van der Waals surface area contributed by atoms with E-state index in [9.17, 15) is 4.39 Å². The summed E-state index contributed by atoms with van der Waals surface area (Å²) in [5, 5.41) is 1.48. The van der Waals surface area contributed by atoms with E-state index in [1.165, 1.54) is 6.42 Å². The van der Waals surface area contributed by atoms with E-state index in [2.05, 4.69) is 45.7 Å². The summed E-state index contributed by atoms with van der Waals surface area (Å²) >= 11 is 0. The predicted octanol–water partition coefficient (Wildman–Crippen LogP) is 9.52. The van der Waals surface area contributed by atoms with Crippen molar-refractivity contribution in [2.75, 3.05) is 0 Å². The minimum Gasteiger partial charge on any atom is -0.256 e. The number of pyridine rings is 1. The number of aromatic nitrogens is 1. The highest BCUT2D eigenvalue weighted by molar-refractivity contribution is 6.00. The molecule has 4 rings (SSSR count). The Morgan fingerprint density at radius 3 is 2.42 bits per heavy atom. The van der Waals surface area contributed by atoms with Crippen LogP contribution in [0, 0.1) is 24.6 Å². The Hall–Kier alpha value is -2.03. The molecule has 33 heavy (non-hydrogen) atoms. The monoisotopic (exact) mass is 455 g/mol. The largest absolute Gasteiger partial charge is 0.256 e. The summed E-state index contributed by atoms with van der Waals surface area (Å²) in [5.41, 5.74) is 3.82. The summed E-state index contributed by atoms with van der Waals surface area (Å²) in [7, 11) is 0. The van der Waals surface area contributed by atoms with Gasteiger partial charge in [0.25, 0.3) is 0 Å². The first-order valence-corrected chi connectivity index (χ1v) is 12.7. The van der Waals surface area contributed by atoms with Crippen molar-refractivity contribution in [2.24, 2.45) is 11.8 Å². The molecule has 0 aliphatic heterocycles. The van der Waals surface area contributed by atoms with Crippen LogP contribution in [0.1, 0.15) is 97.9 Å². The molecule has 0 fully saturated rings. The molecule has 0 amide bonds. The van der Waals surface area contributed by atoms with Crippen LogP contribution < -0.4 is 0 Å². The standard InChI is InChI=1S/C23H25F2N.C5H12.C2H6/c1-5-6-7-14-8-9-17(24)20-18(14)22-19-15(10-11-26-22)21(25)13(2)12-16(19)23(20,3)4;1-4-5(2)3;1-2/h5-6,10-12,14,17H,7-9H2,1-4H3;5H,4H2,1-3H3;1-2H3. The highest BCUT2D eigenvalue weighted by atomic mass is 19.1. The van der Waals surface area contributed by atoms with Gasteiger partial charge in [0.1, 0.15) is 12.0 Å². The topological polar surface area (TPSA) is 12.9 Å². The van der Waals surface area contributed by atoms with E-state index in [0.29, 0.717) is 17.4 Å². The van der Waals surface area contributed by atoms with Gasteiger partial charge in [-0.25, -0.2) is 8.78 Å². The molecule has 2 atom stereocenters. The first-order valence-electron chi connectivity index (χ1n) is 12.7. The van der Waals surface area contributed by atoms with Crippen LogP contribution in [0.15, 0.2) is 36.1 Å². The van der Waals surface area contributed by atoms with Crippen molar-refractivity contribution in [3.8, 4) is 0 Å². The van der Waals surface area contributed by atoms with Gasteiger partial charge in [-0.2, -0.15) is 0 Å². The van der Waals surface area contributed by atoms with E-state index in [0.717, 1.165) is 46.5 Å². The van der Waals surface area contributed by atoms with Gasteiger partial charge in [0, 0.05) is 22.4 Å². The third kappa shape index (κ3) is 5.23. The van der Waals surface area contributed by atoms with Gasteiger partial charge < -0.3 is 0 Å². The molecule has 1 aromatic heterocycles. The lowest BCUT2D eigenvalue weighted by Crippen LogP contribution is -2.36. The molecule has 0 saturated carbocycles. The number of hydrogen-bond donors (Lipinski definition) is 0. The normalized spacial score (nSPS) is 20.8. The van der Waals surface area contributed by atoms with Gasteiger partial charge in [-0.05, 0) is 73.3 Å². The molecule has 0 spiro atoms. The van der Waals surface area contributed by atoms with Gasteiger partial charge in [0.15, 0.2) is 0 Å². The number of hydrogen-bond acceptors (Lipinski definition) is 1. The van der Waals surface area contributed by atoms with Crippen molar-refractivity contribution in [1.82, 2.24) is 4.98 Å². The minimum absolute atomic E-state index is 0.190. The highest BCUT2D eigenvalue weighted by Gasteiger charge is 2.44. The van der Waals surface area contributed by atoms with E-state index in [1.54, 1.807) is 19.2 Å². The Labute approximate surface area is 200 Å². The molecule has 1 nitrogen and oxygen atoms in total. The van der Waals surface area contributed by atoms with E-state index >= 15 is 4.39 Å². The summed E-state index contributed by atoms with van der Waals surface area (Å²) in [6, 6.07) is 3.65. The molecule has 2 aliphatic rings. The average Bonchev–Trinajstić information content (AvgIpc) is 2.80. The maximum Gasteiger partial charge on any atom is 0.134 e. The molecular weight excluding hydrogens is 412 g/mol. The second kappa shape index (κ2) is 11.4. The van der Waals surface area contributed by atoms with Crippen molar-refractivity contribution in [3.05, 3.63) is 58.7 Å². The summed E-state index contributed by atoms with van der Waals surface area (Å²) in [6.45, 7) is 18.6. The number of fused-ring (bicyclic) bond motifs is 1. The molecule has 0 bridgehead atoms. The zero-order valence-corrected chi connectivity index (χ0v) is 22.2. The van der Waals surface area contributed by atoms with Crippen LogP contribution in [0.5, 0.6) is 0 Å². The molecule has 2 aromatic rings. The summed E-state index contributed by atoms with van der Waals surface area (Å²) in [5.74, 6) is 0.933. The summed E-state index contributed by atoms with van der Waals surface area (Å²) < 4.78 is 30.0. The molecule has 0 N–H and O–H groups in total. The molecule has 0 radical (unpaired) electrons. The maximum atomic E-state index is 15.2. The lowest BCUT2D eigenvalue weighted by atomic mass is 9.62. The molecule has 2 aliphatic carbocycles. The highest BCUT2D eigenvalue weighted by Crippen LogP contribution is 2.54. The predicted molar refractivity (Wildman–Crippen MR) is 140 cm³/mol. The molecule has 1 heterocycles. The second-order valence-corrected chi connectivity index (χ2v) is 9.94.